The van der Waals surface area contributed by atoms with Gasteiger partial charge in [-0.3, -0.25) is 0 Å². The Morgan fingerprint density at radius 3 is 1.26 bits per heavy atom. The average Bonchev–Trinajstić information content (AvgIpc) is 4.46. The van der Waals surface area contributed by atoms with E-state index in [0.29, 0.717) is 16.2 Å². The number of hydrogen-bond acceptors (Lipinski definition) is 0. The molecule has 1 atom stereocenters. The molecule has 1 unspecified atom stereocenters. The molecule has 6 aromatic rings. The van der Waals surface area contributed by atoms with Gasteiger partial charge >= 0.3 is 0 Å². The van der Waals surface area contributed by atoms with Gasteiger partial charge in [0.1, 0.15) is 0 Å². The summed E-state index contributed by atoms with van der Waals surface area (Å²) in [4.78, 5) is 0. The fourth-order valence-electron chi connectivity index (χ4n) is 15.6. The minimum atomic E-state index is -0.823. The van der Waals surface area contributed by atoms with Gasteiger partial charge in [0, 0.05) is 8.80 Å². The van der Waals surface area contributed by atoms with Crippen LogP contribution in [0.3, 0.4) is 0 Å². The van der Waals surface area contributed by atoms with Gasteiger partial charge in [0.2, 0.25) is 0 Å². The zero-order chi connectivity index (χ0) is 57.5. The van der Waals surface area contributed by atoms with Crippen LogP contribution < -0.4 is 0 Å². The van der Waals surface area contributed by atoms with Crippen LogP contribution in [-0.2, 0) is 29.1 Å². The second-order valence-corrected chi connectivity index (χ2v) is 34.2. The Labute approximate surface area is 495 Å². The topological polar surface area (TPSA) is 0 Å². The van der Waals surface area contributed by atoms with Crippen LogP contribution in [0.4, 0.5) is 0 Å². The van der Waals surface area contributed by atoms with Gasteiger partial charge in [-0.15, -0.1) is 0 Å². The summed E-state index contributed by atoms with van der Waals surface area (Å²) in [5.41, 5.74) is 29.6. The zero-order valence-corrected chi connectivity index (χ0v) is 54.2. The van der Waals surface area contributed by atoms with Crippen molar-refractivity contribution >= 4 is 27.0 Å². The third-order valence-corrected chi connectivity index (χ3v) is 22.5. The SMILES string of the molecule is CC1(CC2=Cc3c(cccc3-c3ccc(C(C)(C)C)cc3)C2)CCCC1.CC1(CC2=Cc3cccc(-c4ccc(C(C)(C)C)cc4)c3C2)CCCC1.C[SiH](C)C1C(CC2(C)CCCC2)=Cc2c(-c3ccc(C(C)(C)C)cc3)cccc21. The van der Waals surface area contributed by atoms with E-state index in [4.69, 9.17) is 0 Å². The summed E-state index contributed by atoms with van der Waals surface area (Å²) in [6, 6.07) is 48.5. The summed E-state index contributed by atoms with van der Waals surface area (Å²) in [6.07, 6.45) is 30.7. The molecule has 0 bridgehead atoms. The third kappa shape index (κ3) is 13.6. The summed E-state index contributed by atoms with van der Waals surface area (Å²) in [7, 11) is -0.823. The fraction of sp³-hybridized carbons (Fsp3) is 0.475. The second-order valence-electron chi connectivity index (χ2n) is 31.0. The van der Waals surface area contributed by atoms with Crippen molar-refractivity contribution in [3.63, 3.8) is 0 Å². The van der Waals surface area contributed by atoms with E-state index in [1.807, 2.05) is 0 Å². The highest BCUT2D eigenvalue weighted by Crippen LogP contribution is 2.52. The van der Waals surface area contributed by atoms with E-state index in [1.165, 1.54) is 174 Å². The first-order chi connectivity index (χ1) is 38.4. The van der Waals surface area contributed by atoms with Crippen molar-refractivity contribution in [2.75, 3.05) is 0 Å². The molecule has 0 aliphatic heterocycles. The maximum atomic E-state index is 2.60. The summed E-state index contributed by atoms with van der Waals surface area (Å²) < 4.78 is 0. The highest BCUT2D eigenvalue weighted by atomic mass is 28.3. The smallest absolute Gasteiger partial charge is 0.0439 e. The number of benzene rings is 6. The molecule has 12 rings (SSSR count). The summed E-state index contributed by atoms with van der Waals surface area (Å²) >= 11 is 0. The van der Waals surface area contributed by atoms with Gasteiger partial charge in [0.25, 0.3) is 0 Å². The molecule has 81 heavy (non-hydrogen) atoms. The van der Waals surface area contributed by atoms with E-state index >= 15 is 0 Å². The van der Waals surface area contributed by atoms with E-state index in [2.05, 4.69) is 242 Å². The Morgan fingerprint density at radius 1 is 0.407 bits per heavy atom. The number of rotatable bonds is 10. The molecule has 426 valence electrons. The second kappa shape index (κ2) is 23.4. The van der Waals surface area contributed by atoms with Crippen LogP contribution in [0, 0.1) is 16.2 Å². The molecule has 0 nitrogen and oxygen atoms in total. The number of allylic oxidation sites excluding steroid dienone is 3. The van der Waals surface area contributed by atoms with Gasteiger partial charge in [-0.25, -0.2) is 0 Å². The van der Waals surface area contributed by atoms with Gasteiger partial charge in [0.15, 0.2) is 0 Å². The van der Waals surface area contributed by atoms with Gasteiger partial charge < -0.3 is 0 Å². The Bertz CT molecular complexity index is 3250. The van der Waals surface area contributed by atoms with Crippen LogP contribution in [0.5, 0.6) is 0 Å². The highest BCUT2D eigenvalue weighted by molar-refractivity contribution is 6.58. The molecule has 0 saturated heterocycles. The normalized spacial score (nSPS) is 19.4. The molecule has 6 aliphatic rings. The average molecular weight is 1090 g/mol. The molecule has 0 aromatic heterocycles. The van der Waals surface area contributed by atoms with Crippen molar-refractivity contribution < 1.29 is 0 Å². The summed E-state index contributed by atoms with van der Waals surface area (Å²) in [5, 5.41) is 0. The monoisotopic (exact) mass is 1090 g/mol. The maximum absolute atomic E-state index is 2.60. The minimum Gasteiger partial charge on any atom is -0.0714 e. The molecule has 6 aromatic carbocycles. The van der Waals surface area contributed by atoms with Crippen LogP contribution in [0.1, 0.15) is 235 Å². The number of hydrogen-bond donors (Lipinski definition) is 0. The van der Waals surface area contributed by atoms with Gasteiger partial charge in [0.05, 0.1) is 0 Å². The van der Waals surface area contributed by atoms with Crippen molar-refractivity contribution in [2.45, 2.75) is 227 Å². The van der Waals surface area contributed by atoms with Crippen LogP contribution in [0.2, 0.25) is 13.1 Å². The number of fused-ring (bicyclic) bond motifs is 3. The van der Waals surface area contributed by atoms with E-state index in [9.17, 15) is 0 Å². The summed E-state index contributed by atoms with van der Waals surface area (Å²) in [5.74, 6) is 0. The predicted molar refractivity (Wildman–Crippen MR) is 358 cm³/mol. The lowest BCUT2D eigenvalue weighted by atomic mass is 9.81. The van der Waals surface area contributed by atoms with Crippen LogP contribution >= 0.6 is 0 Å². The molecule has 0 N–H and O–H groups in total. The highest BCUT2D eigenvalue weighted by Gasteiger charge is 2.37. The van der Waals surface area contributed by atoms with Crippen molar-refractivity contribution in [3.8, 4) is 33.4 Å². The van der Waals surface area contributed by atoms with Gasteiger partial charge in [-0.1, -0.05) is 297 Å². The molecule has 0 spiro atoms. The molecule has 0 heterocycles. The first-order valence-corrected chi connectivity index (χ1v) is 35.1. The maximum Gasteiger partial charge on any atom is 0.0439 e. The zero-order valence-electron chi connectivity index (χ0n) is 53.0. The predicted octanol–water partition coefficient (Wildman–Crippen LogP) is 23.3. The first kappa shape index (κ1) is 58.9. The molecular formula is C80H102Si. The lowest BCUT2D eigenvalue weighted by Crippen LogP contribution is -2.20. The Hall–Kier alpha value is -5.24. The minimum absolute atomic E-state index is 0.204. The third-order valence-electron chi connectivity index (χ3n) is 20.4. The Balaban J connectivity index is 0.000000137. The van der Waals surface area contributed by atoms with Crippen molar-refractivity contribution in [1.82, 2.24) is 0 Å². The van der Waals surface area contributed by atoms with Crippen molar-refractivity contribution in [3.05, 3.63) is 194 Å². The first-order valence-electron chi connectivity index (χ1n) is 32.2. The van der Waals surface area contributed by atoms with E-state index in [1.54, 1.807) is 22.3 Å². The Kier molecular flexibility index (Phi) is 17.0. The van der Waals surface area contributed by atoms with Crippen molar-refractivity contribution in [1.29, 1.82) is 0 Å². The molecule has 1 heteroatoms. The van der Waals surface area contributed by atoms with Gasteiger partial charge in [-0.2, -0.15) is 0 Å². The summed E-state index contributed by atoms with van der Waals surface area (Å²) in [6.45, 7) is 33.1. The van der Waals surface area contributed by atoms with E-state index < -0.39 is 8.80 Å². The molecule has 0 radical (unpaired) electrons. The molecule has 0 amide bonds. The fourth-order valence-corrected chi connectivity index (χ4v) is 17.6. The van der Waals surface area contributed by atoms with Crippen molar-refractivity contribution in [2.24, 2.45) is 16.2 Å². The molecular weight excluding hydrogens is 989 g/mol. The lowest BCUT2D eigenvalue weighted by Gasteiger charge is -2.29. The molecule has 3 fully saturated rings. The van der Waals surface area contributed by atoms with Crippen LogP contribution in [0.15, 0.2) is 144 Å². The Morgan fingerprint density at radius 2 is 0.802 bits per heavy atom. The molecule has 6 aliphatic carbocycles. The molecule has 3 saturated carbocycles. The van der Waals surface area contributed by atoms with Gasteiger partial charge in [-0.05, 0) is 192 Å². The quantitative estimate of drug-likeness (QED) is 0.120. The lowest BCUT2D eigenvalue weighted by molar-refractivity contribution is 0.332. The standard InChI is InChI=1S/C28H38Si.2C26H32/c1-27(2,3)22-14-12-20(13-15-22)23-10-9-11-24-25(23)18-21(26(24)29(5)6)19-28(4)16-7-8-17-28;2*1-25(2,3)22-12-10-20(11-13-22)23-9-7-8-21-16-19(17-24(21)23)18-26(4)14-5-6-15-26/h9-15,18,26,29H,7-8,16-17,19H2,1-6H3;7-13,17H,5-6,14-16,18H2,1-4H3;7-13,16H,5-6,14-15,17-18H2,1-4H3. The van der Waals surface area contributed by atoms with E-state index in [-0.39, 0.29) is 16.2 Å². The van der Waals surface area contributed by atoms with Crippen LogP contribution in [0.25, 0.3) is 51.6 Å². The van der Waals surface area contributed by atoms with E-state index in [0.717, 1.165) is 18.4 Å². The van der Waals surface area contributed by atoms with Crippen LogP contribution in [-0.4, -0.2) is 8.80 Å². The largest absolute Gasteiger partial charge is 0.0714 e.